The van der Waals surface area contributed by atoms with Crippen LogP contribution in [0.15, 0.2) is 36.2 Å². The highest BCUT2D eigenvalue weighted by atomic mass is 16.3. The van der Waals surface area contributed by atoms with Gasteiger partial charge in [0, 0.05) is 37.9 Å². The fourth-order valence-electron chi connectivity index (χ4n) is 2.17. The molecule has 0 fully saturated rings. The van der Waals surface area contributed by atoms with Crippen molar-refractivity contribution in [2.75, 3.05) is 19.7 Å². The molecule has 20 heavy (non-hydrogen) atoms. The maximum Gasteiger partial charge on any atom is 0.223 e. The van der Waals surface area contributed by atoms with Crippen molar-refractivity contribution < 1.29 is 10.2 Å². The number of aliphatic hydroxyl groups excluding tert-OH is 1. The fraction of sp³-hybridized carbons (Fsp3) is 0.400. The van der Waals surface area contributed by atoms with Gasteiger partial charge in [-0.1, -0.05) is 12.2 Å². The summed E-state index contributed by atoms with van der Waals surface area (Å²) in [6, 6.07) is 1.37. The average Bonchev–Trinajstić information content (AvgIpc) is 2.40. The number of rotatable bonds is 8. The van der Waals surface area contributed by atoms with E-state index < -0.39 is 5.43 Å². The predicted octanol–water partition coefficient (Wildman–Crippen LogP) is 1.03. The van der Waals surface area contributed by atoms with Crippen LogP contribution in [0, 0.1) is 6.92 Å². The van der Waals surface area contributed by atoms with Crippen molar-refractivity contribution in [3.63, 3.8) is 0 Å². The number of aryl methyl sites for hydroxylation is 1. The largest absolute Gasteiger partial charge is 0.503 e. The SMILES string of the molecule is C=CCN(CC=C)Cc1c(O)c(=O)cc(C)n1CCO. The van der Waals surface area contributed by atoms with E-state index in [1.807, 2.05) is 4.90 Å². The standard InChI is InChI=1S/C15H22N2O3/c1-4-6-16(7-5-2)11-13-15(20)14(19)10-12(3)17(13)8-9-18/h4-5,10,18,20H,1-2,6-9,11H2,3H3. The highest BCUT2D eigenvalue weighted by molar-refractivity contribution is 5.30. The third-order valence-corrected chi connectivity index (χ3v) is 3.07. The van der Waals surface area contributed by atoms with Crippen molar-refractivity contribution in [3.05, 3.63) is 53.0 Å². The van der Waals surface area contributed by atoms with E-state index in [2.05, 4.69) is 13.2 Å². The van der Waals surface area contributed by atoms with E-state index in [1.165, 1.54) is 6.07 Å². The van der Waals surface area contributed by atoms with Crippen LogP contribution in [0.3, 0.4) is 0 Å². The van der Waals surface area contributed by atoms with Gasteiger partial charge >= 0.3 is 0 Å². The summed E-state index contributed by atoms with van der Waals surface area (Å²) in [5.41, 5.74) is 0.825. The molecule has 0 unspecified atom stereocenters. The maximum absolute atomic E-state index is 11.7. The molecule has 5 nitrogen and oxygen atoms in total. The Balaban J connectivity index is 3.22. The van der Waals surface area contributed by atoms with E-state index in [4.69, 9.17) is 5.11 Å². The Hall–Kier alpha value is -1.85. The quantitative estimate of drug-likeness (QED) is 0.697. The first-order valence-electron chi connectivity index (χ1n) is 6.52. The summed E-state index contributed by atoms with van der Waals surface area (Å²) < 4.78 is 1.76. The van der Waals surface area contributed by atoms with E-state index in [-0.39, 0.29) is 12.4 Å². The van der Waals surface area contributed by atoms with Crippen LogP contribution in [0.1, 0.15) is 11.4 Å². The molecule has 1 aromatic heterocycles. The van der Waals surface area contributed by atoms with Gasteiger partial charge in [0.05, 0.1) is 12.3 Å². The molecule has 5 heteroatoms. The molecule has 0 amide bonds. The highest BCUT2D eigenvalue weighted by Gasteiger charge is 2.15. The smallest absolute Gasteiger partial charge is 0.223 e. The molecule has 110 valence electrons. The second-order valence-electron chi connectivity index (χ2n) is 4.59. The molecule has 0 aliphatic heterocycles. The van der Waals surface area contributed by atoms with Gasteiger partial charge in [0.2, 0.25) is 5.43 Å². The van der Waals surface area contributed by atoms with Crippen molar-refractivity contribution in [1.82, 2.24) is 9.47 Å². The molecule has 0 radical (unpaired) electrons. The van der Waals surface area contributed by atoms with E-state index in [9.17, 15) is 9.90 Å². The minimum Gasteiger partial charge on any atom is -0.503 e. The summed E-state index contributed by atoms with van der Waals surface area (Å²) in [5.74, 6) is -0.262. The van der Waals surface area contributed by atoms with E-state index in [1.54, 1.807) is 23.6 Å². The van der Waals surface area contributed by atoms with Crippen molar-refractivity contribution in [3.8, 4) is 5.75 Å². The third kappa shape index (κ3) is 3.82. The first kappa shape index (κ1) is 16.2. The number of aliphatic hydroxyl groups is 1. The van der Waals surface area contributed by atoms with Crippen LogP contribution in [0.25, 0.3) is 0 Å². The van der Waals surface area contributed by atoms with Crippen LogP contribution in [0.4, 0.5) is 0 Å². The zero-order valence-corrected chi connectivity index (χ0v) is 11.9. The third-order valence-electron chi connectivity index (χ3n) is 3.07. The number of pyridine rings is 1. The summed E-state index contributed by atoms with van der Waals surface area (Å²) in [6.45, 7) is 11.1. The van der Waals surface area contributed by atoms with Crippen LogP contribution in [-0.4, -0.2) is 39.4 Å². The second-order valence-corrected chi connectivity index (χ2v) is 4.59. The number of nitrogens with zero attached hydrogens (tertiary/aromatic N) is 2. The summed E-state index contributed by atoms with van der Waals surface area (Å²) in [7, 11) is 0. The van der Waals surface area contributed by atoms with Gasteiger partial charge in [0.25, 0.3) is 0 Å². The Labute approximate surface area is 119 Å². The molecule has 0 spiro atoms. The minimum absolute atomic E-state index is 0.0565. The molecule has 2 N–H and O–H groups in total. The molecule has 0 aliphatic rings. The zero-order chi connectivity index (χ0) is 15.1. The predicted molar refractivity (Wildman–Crippen MR) is 79.9 cm³/mol. The molecule has 0 aliphatic carbocycles. The Morgan fingerprint density at radius 3 is 2.45 bits per heavy atom. The van der Waals surface area contributed by atoms with Gasteiger partial charge in [0.1, 0.15) is 0 Å². The molecule has 1 heterocycles. The topological polar surface area (TPSA) is 65.7 Å². The van der Waals surface area contributed by atoms with Crippen molar-refractivity contribution >= 4 is 0 Å². The van der Waals surface area contributed by atoms with Gasteiger partial charge in [-0.15, -0.1) is 13.2 Å². The Morgan fingerprint density at radius 2 is 1.95 bits per heavy atom. The van der Waals surface area contributed by atoms with Crippen LogP contribution >= 0.6 is 0 Å². The van der Waals surface area contributed by atoms with Gasteiger partial charge < -0.3 is 14.8 Å². The van der Waals surface area contributed by atoms with E-state index >= 15 is 0 Å². The molecule has 1 rings (SSSR count). The van der Waals surface area contributed by atoms with Crippen molar-refractivity contribution in [1.29, 1.82) is 0 Å². The first-order valence-corrected chi connectivity index (χ1v) is 6.52. The van der Waals surface area contributed by atoms with Crippen molar-refractivity contribution in [2.24, 2.45) is 0 Å². The normalized spacial score (nSPS) is 10.8. The number of hydrogen-bond acceptors (Lipinski definition) is 4. The maximum atomic E-state index is 11.7. The molecule has 0 bridgehead atoms. The van der Waals surface area contributed by atoms with Crippen LogP contribution in [0.2, 0.25) is 0 Å². The lowest BCUT2D eigenvalue weighted by atomic mass is 10.2. The Morgan fingerprint density at radius 1 is 1.35 bits per heavy atom. The number of hydrogen-bond donors (Lipinski definition) is 2. The van der Waals surface area contributed by atoms with Gasteiger partial charge in [0.15, 0.2) is 5.75 Å². The van der Waals surface area contributed by atoms with E-state index in [0.29, 0.717) is 37.6 Å². The summed E-state index contributed by atoms with van der Waals surface area (Å²) in [4.78, 5) is 13.7. The highest BCUT2D eigenvalue weighted by Crippen LogP contribution is 2.16. The van der Waals surface area contributed by atoms with Gasteiger partial charge in [-0.25, -0.2) is 0 Å². The van der Waals surface area contributed by atoms with Crippen LogP contribution in [-0.2, 0) is 13.1 Å². The summed E-state index contributed by atoms with van der Waals surface area (Å²) >= 11 is 0. The van der Waals surface area contributed by atoms with Gasteiger partial charge in [-0.05, 0) is 6.92 Å². The van der Waals surface area contributed by atoms with Crippen molar-refractivity contribution in [2.45, 2.75) is 20.0 Å². The number of aromatic hydroxyl groups is 1. The number of aromatic nitrogens is 1. The summed E-state index contributed by atoms with van der Waals surface area (Å²) in [5, 5.41) is 19.2. The van der Waals surface area contributed by atoms with Gasteiger partial charge in [-0.2, -0.15) is 0 Å². The molecule has 0 saturated carbocycles. The average molecular weight is 278 g/mol. The molecule has 1 aromatic rings. The summed E-state index contributed by atoms with van der Waals surface area (Å²) in [6.07, 6.45) is 3.51. The second kappa shape index (κ2) is 7.67. The van der Waals surface area contributed by atoms with Crippen LogP contribution in [0.5, 0.6) is 5.75 Å². The molecular weight excluding hydrogens is 256 g/mol. The molecular formula is C15H22N2O3. The van der Waals surface area contributed by atoms with Gasteiger partial charge in [-0.3, -0.25) is 9.69 Å². The first-order chi connectivity index (χ1) is 9.54. The lowest BCUT2D eigenvalue weighted by Gasteiger charge is -2.23. The molecule has 0 aromatic carbocycles. The molecule has 0 saturated heterocycles. The zero-order valence-electron chi connectivity index (χ0n) is 11.9. The molecule has 0 atom stereocenters. The van der Waals surface area contributed by atoms with E-state index in [0.717, 1.165) is 0 Å². The minimum atomic E-state index is -0.399. The lowest BCUT2D eigenvalue weighted by Crippen LogP contribution is -2.28. The monoisotopic (exact) mass is 278 g/mol. The lowest BCUT2D eigenvalue weighted by molar-refractivity contribution is 0.261. The Kier molecular flexibility index (Phi) is 6.21. The Bertz CT molecular complexity index is 525. The van der Waals surface area contributed by atoms with Crippen LogP contribution < -0.4 is 5.43 Å². The fourth-order valence-corrected chi connectivity index (χ4v) is 2.17.